The third-order valence-electron chi connectivity index (χ3n) is 12.6. The Bertz CT molecular complexity index is 2500. The molecule has 1 unspecified atom stereocenters. The van der Waals surface area contributed by atoms with Crippen LogP contribution in [0, 0.1) is 30.1 Å². The van der Waals surface area contributed by atoms with E-state index in [0.717, 1.165) is 70.2 Å². The Kier molecular flexibility index (Phi) is 13.2. The summed E-state index contributed by atoms with van der Waals surface area (Å²) in [6.45, 7) is 10.5. The summed E-state index contributed by atoms with van der Waals surface area (Å²) in [4.78, 5) is 77.5. The first-order chi connectivity index (χ1) is 30.3. The largest absolute Gasteiger partial charge is 0.453 e. The van der Waals surface area contributed by atoms with E-state index in [1.54, 1.807) is 17.3 Å². The maximum absolute atomic E-state index is 14.1. The zero-order chi connectivity index (χ0) is 45.0. The molecule has 15 nitrogen and oxygen atoms in total. The van der Waals surface area contributed by atoms with Crippen molar-refractivity contribution in [1.82, 2.24) is 45.4 Å². The van der Waals surface area contributed by atoms with E-state index >= 15 is 0 Å². The molecule has 7 rings (SSSR count). The topological polar surface area (TPSA) is 188 Å². The minimum atomic E-state index is -0.798. The van der Waals surface area contributed by atoms with Crippen molar-refractivity contribution in [3.05, 3.63) is 78.8 Å². The average molecular weight is 856 g/mol. The Labute approximate surface area is 368 Å². The summed E-state index contributed by atoms with van der Waals surface area (Å²) < 4.78 is 9.64. The summed E-state index contributed by atoms with van der Waals surface area (Å²) in [5.41, 5.74) is 5.49. The highest BCUT2D eigenvalue weighted by molar-refractivity contribution is 6.02. The smallest absolute Gasteiger partial charge is 0.407 e. The zero-order valence-electron chi connectivity index (χ0n) is 37.0. The summed E-state index contributed by atoms with van der Waals surface area (Å²) >= 11 is 0. The van der Waals surface area contributed by atoms with Gasteiger partial charge in [-0.25, -0.2) is 19.6 Å². The van der Waals surface area contributed by atoms with Gasteiger partial charge in [-0.05, 0) is 79.7 Å². The Balaban J connectivity index is 1.13. The number of rotatable bonds is 11. The van der Waals surface area contributed by atoms with Crippen LogP contribution < -0.4 is 10.6 Å². The summed E-state index contributed by atoms with van der Waals surface area (Å²) in [5.74, 6) is 3.30. The maximum Gasteiger partial charge on any atom is 0.407 e. The molecule has 0 radical (unpaired) electrons. The second-order valence-electron chi connectivity index (χ2n) is 17.3. The van der Waals surface area contributed by atoms with Crippen molar-refractivity contribution < 1.29 is 28.7 Å². The van der Waals surface area contributed by atoms with Crippen LogP contribution >= 0.6 is 0 Å². The molecule has 330 valence electrons. The minimum Gasteiger partial charge on any atom is -0.453 e. The van der Waals surface area contributed by atoms with Crippen molar-refractivity contribution in [2.45, 2.75) is 90.4 Å². The zero-order valence-corrected chi connectivity index (χ0v) is 37.0. The van der Waals surface area contributed by atoms with E-state index in [1.807, 2.05) is 57.8 Å². The van der Waals surface area contributed by atoms with Gasteiger partial charge in [0.05, 0.1) is 55.1 Å². The third kappa shape index (κ3) is 8.98. The number of aromatic amines is 2. The fourth-order valence-corrected chi connectivity index (χ4v) is 8.96. The number of piperidine rings is 2. The van der Waals surface area contributed by atoms with E-state index in [4.69, 9.17) is 30.8 Å². The van der Waals surface area contributed by atoms with Crippen molar-refractivity contribution in [3.8, 4) is 46.0 Å². The number of pyridine rings is 1. The SMILES string of the molecule is C#C[C@H]1CCC(c2ncc(-c3ccc(-c4ccc(-c5cnc([C@@]6(C)CCCCN6C(=O)[C@@H](NC(=O)OC)C(C)C)[nH]5)cc4)c4cccnc34)[nH]2)N(C(=O)[C@@H](NC(=O)OC)C(C)C)C1. The number of terminal acetylenes is 1. The quantitative estimate of drug-likeness (QED) is 0.0972. The van der Waals surface area contributed by atoms with Gasteiger partial charge in [0.25, 0.3) is 0 Å². The van der Waals surface area contributed by atoms with Crippen LogP contribution in [-0.2, 0) is 24.6 Å². The molecular formula is C48H57N9O6. The van der Waals surface area contributed by atoms with Crippen LogP contribution in [0.3, 0.4) is 0 Å². The van der Waals surface area contributed by atoms with E-state index < -0.39 is 29.8 Å². The highest BCUT2D eigenvalue weighted by atomic mass is 16.5. The van der Waals surface area contributed by atoms with Gasteiger partial charge in [-0.3, -0.25) is 14.6 Å². The van der Waals surface area contributed by atoms with Gasteiger partial charge in [-0.15, -0.1) is 12.3 Å². The third-order valence-corrected chi connectivity index (χ3v) is 12.6. The molecule has 63 heavy (non-hydrogen) atoms. The van der Waals surface area contributed by atoms with E-state index in [-0.39, 0.29) is 35.6 Å². The first-order valence-corrected chi connectivity index (χ1v) is 21.6. The number of amides is 4. The number of benzene rings is 2. The molecule has 2 aliphatic heterocycles. The Morgan fingerprint density at radius 2 is 1.46 bits per heavy atom. The van der Waals surface area contributed by atoms with E-state index in [0.29, 0.717) is 31.2 Å². The highest BCUT2D eigenvalue weighted by Gasteiger charge is 2.44. The highest BCUT2D eigenvalue weighted by Crippen LogP contribution is 2.40. The van der Waals surface area contributed by atoms with Crippen LogP contribution in [0.25, 0.3) is 44.5 Å². The number of H-pyrrole nitrogens is 2. The second-order valence-corrected chi connectivity index (χ2v) is 17.3. The van der Waals surface area contributed by atoms with Crippen molar-refractivity contribution in [2.24, 2.45) is 17.8 Å². The average Bonchev–Trinajstić information content (AvgIpc) is 4.01. The molecule has 3 aromatic heterocycles. The lowest BCUT2D eigenvalue weighted by Gasteiger charge is -2.45. The van der Waals surface area contributed by atoms with Crippen LogP contribution in [0.2, 0.25) is 0 Å². The minimum absolute atomic E-state index is 0.118. The summed E-state index contributed by atoms with van der Waals surface area (Å²) in [5, 5.41) is 6.40. The van der Waals surface area contributed by atoms with Gasteiger partial charge >= 0.3 is 12.2 Å². The monoisotopic (exact) mass is 855 g/mol. The molecule has 0 spiro atoms. The van der Waals surface area contributed by atoms with E-state index in [9.17, 15) is 19.2 Å². The number of fused-ring (bicyclic) bond motifs is 1. The van der Waals surface area contributed by atoms with Crippen LogP contribution in [-0.4, -0.2) is 98.1 Å². The van der Waals surface area contributed by atoms with Crippen molar-refractivity contribution in [2.75, 3.05) is 27.3 Å². The number of hydrogen-bond donors (Lipinski definition) is 4. The van der Waals surface area contributed by atoms with Gasteiger partial charge in [-0.1, -0.05) is 64.1 Å². The van der Waals surface area contributed by atoms with Crippen molar-refractivity contribution >= 4 is 34.9 Å². The molecule has 4 amide bonds. The maximum atomic E-state index is 14.1. The Morgan fingerprint density at radius 1 is 0.810 bits per heavy atom. The predicted molar refractivity (Wildman–Crippen MR) is 240 cm³/mol. The Hall–Kier alpha value is -6.69. The molecule has 0 saturated carbocycles. The normalized spacial score (nSPS) is 19.9. The molecule has 5 aromatic rings. The number of alkyl carbamates (subject to hydrolysis) is 2. The first-order valence-electron chi connectivity index (χ1n) is 21.6. The lowest BCUT2D eigenvalue weighted by Crippen LogP contribution is -2.58. The number of imidazole rings is 2. The number of carbonyl (C=O) groups excluding carboxylic acids is 4. The lowest BCUT2D eigenvalue weighted by molar-refractivity contribution is -0.143. The molecule has 4 N–H and O–H groups in total. The lowest BCUT2D eigenvalue weighted by atomic mass is 9.86. The summed E-state index contributed by atoms with van der Waals surface area (Å²) in [6, 6.07) is 14.4. The van der Waals surface area contributed by atoms with Gasteiger partial charge in [0.1, 0.15) is 23.7 Å². The molecule has 2 aromatic carbocycles. The van der Waals surface area contributed by atoms with Crippen LogP contribution in [0.4, 0.5) is 9.59 Å². The molecule has 2 fully saturated rings. The second kappa shape index (κ2) is 18.7. The number of methoxy groups -OCH3 is 2. The molecule has 0 bridgehead atoms. The molecule has 5 heterocycles. The fourth-order valence-electron chi connectivity index (χ4n) is 8.96. The van der Waals surface area contributed by atoms with Gasteiger partial charge in [0, 0.05) is 36.2 Å². The number of nitrogens with zero attached hydrogens (tertiary/aromatic N) is 5. The fraction of sp³-hybridized carbons (Fsp3) is 0.438. The summed E-state index contributed by atoms with van der Waals surface area (Å²) in [7, 11) is 2.56. The number of hydrogen-bond acceptors (Lipinski definition) is 9. The van der Waals surface area contributed by atoms with Gasteiger partial charge in [-0.2, -0.15) is 0 Å². The number of nitrogens with one attached hydrogen (secondary N) is 4. The van der Waals surface area contributed by atoms with Gasteiger partial charge < -0.3 is 39.9 Å². The molecular weight excluding hydrogens is 799 g/mol. The van der Waals surface area contributed by atoms with E-state index in [2.05, 4.69) is 62.9 Å². The van der Waals surface area contributed by atoms with Crippen LogP contribution in [0.1, 0.15) is 84.4 Å². The standard InChI is InChI=1S/C48H57N9O6/c1-9-30-14-21-38(56(27-30)43(58)39(28(2)3)54-46(60)62-7)42-50-26-37(52-42)35-20-19-33(34-13-12-23-49-41(34)35)31-15-17-32(18-16-31)36-25-51-45(53-36)48(6)22-10-11-24-57(48)44(59)40(29(4)5)55-47(61)63-8/h1,12-13,15-20,23,25-26,28-30,38-40H,10-11,14,21-22,24,27H2,2-8H3,(H,50,52)(H,51,53)(H,54,60)(H,55,61)/t30-,38?,39-,40-,48+/m0/s1. The Morgan fingerprint density at radius 3 is 2.13 bits per heavy atom. The number of likely N-dealkylation sites (tertiary alicyclic amines) is 2. The molecule has 5 atom stereocenters. The number of ether oxygens (including phenoxy) is 2. The van der Waals surface area contributed by atoms with Gasteiger partial charge in [0.15, 0.2) is 0 Å². The number of aromatic nitrogens is 5. The molecule has 15 heteroatoms. The van der Waals surface area contributed by atoms with Crippen LogP contribution in [0.5, 0.6) is 0 Å². The van der Waals surface area contributed by atoms with Crippen molar-refractivity contribution in [3.63, 3.8) is 0 Å². The molecule has 0 aliphatic carbocycles. The number of carbonyl (C=O) groups is 4. The van der Waals surface area contributed by atoms with E-state index in [1.165, 1.54) is 14.2 Å². The predicted octanol–water partition coefficient (Wildman–Crippen LogP) is 7.58. The molecule has 2 aliphatic rings. The first kappa shape index (κ1) is 44.4. The van der Waals surface area contributed by atoms with Gasteiger partial charge in [0.2, 0.25) is 11.8 Å². The summed E-state index contributed by atoms with van der Waals surface area (Å²) in [6.07, 6.45) is 13.8. The van der Waals surface area contributed by atoms with Crippen LogP contribution in [0.15, 0.2) is 67.1 Å². The van der Waals surface area contributed by atoms with Crippen molar-refractivity contribution in [1.29, 1.82) is 0 Å². The molecule has 2 saturated heterocycles.